The van der Waals surface area contributed by atoms with Gasteiger partial charge in [0.15, 0.2) is 0 Å². The SMILES string of the molecule is N[C@H](Cc1ccccc1)C(=O)N1CCNCCNCCNCC1.O.[Zn]. The Labute approximate surface area is 163 Å². The Morgan fingerprint density at radius 1 is 0.960 bits per heavy atom. The molecule has 2 rings (SSSR count). The van der Waals surface area contributed by atoms with Crippen LogP contribution < -0.4 is 21.7 Å². The van der Waals surface area contributed by atoms with Gasteiger partial charge in [0.2, 0.25) is 5.91 Å². The molecule has 0 saturated carbocycles. The minimum Gasteiger partial charge on any atom is -0.412 e. The Balaban J connectivity index is 0.00000288. The van der Waals surface area contributed by atoms with Crippen LogP contribution >= 0.6 is 0 Å². The average molecular weight is 403 g/mol. The van der Waals surface area contributed by atoms with Crippen molar-refractivity contribution in [3.05, 3.63) is 35.9 Å². The fourth-order valence-corrected chi connectivity index (χ4v) is 2.68. The Morgan fingerprint density at radius 2 is 1.44 bits per heavy atom. The molecule has 8 heteroatoms. The molecular weight excluding hydrogens is 372 g/mol. The molecule has 0 aliphatic carbocycles. The van der Waals surface area contributed by atoms with Crippen LogP contribution in [0.25, 0.3) is 0 Å². The van der Waals surface area contributed by atoms with Crippen LogP contribution in [0.15, 0.2) is 30.3 Å². The molecule has 1 heterocycles. The molecule has 0 radical (unpaired) electrons. The summed E-state index contributed by atoms with van der Waals surface area (Å²) in [7, 11) is 0. The molecule has 138 valence electrons. The van der Waals surface area contributed by atoms with Crippen molar-refractivity contribution >= 4 is 5.91 Å². The molecule has 1 saturated heterocycles. The summed E-state index contributed by atoms with van der Waals surface area (Å²) in [4.78, 5) is 14.5. The first-order valence-corrected chi connectivity index (χ1v) is 8.48. The topological polar surface area (TPSA) is 114 Å². The van der Waals surface area contributed by atoms with Crippen LogP contribution in [0.1, 0.15) is 5.56 Å². The quantitative estimate of drug-likeness (QED) is 0.452. The minimum absolute atomic E-state index is 0. The second-order valence-electron chi connectivity index (χ2n) is 5.87. The van der Waals surface area contributed by atoms with Gasteiger partial charge in [-0.1, -0.05) is 30.3 Å². The predicted octanol–water partition coefficient (Wildman–Crippen LogP) is -1.66. The molecule has 0 bridgehead atoms. The van der Waals surface area contributed by atoms with Crippen molar-refractivity contribution in [1.82, 2.24) is 20.9 Å². The number of nitrogens with zero attached hydrogens (tertiary/aromatic N) is 1. The Hall–Kier alpha value is -0.887. The molecule has 0 unspecified atom stereocenters. The largest absolute Gasteiger partial charge is 0.412 e. The average Bonchev–Trinajstić information content (AvgIpc) is 2.56. The third-order valence-electron chi connectivity index (χ3n) is 4.00. The predicted molar refractivity (Wildman–Crippen MR) is 96.9 cm³/mol. The normalized spacial score (nSPS) is 17.9. The van der Waals surface area contributed by atoms with Crippen molar-refractivity contribution in [2.75, 3.05) is 52.4 Å². The first-order valence-electron chi connectivity index (χ1n) is 8.48. The minimum atomic E-state index is -0.480. The van der Waals surface area contributed by atoms with E-state index in [0.717, 1.165) is 44.8 Å². The number of nitrogens with two attached hydrogens (primary N) is 1. The molecule has 0 spiro atoms. The third kappa shape index (κ3) is 9.40. The zero-order valence-electron chi connectivity index (χ0n) is 15.0. The van der Waals surface area contributed by atoms with Crippen molar-refractivity contribution in [3.63, 3.8) is 0 Å². The van der Waals surface area contributed by atoms with Gasteiger partial charge in [0.05, 0.1) is 6.04 Å². The number of nitrogens with one attached hydrogen (secondary N) is 3. The maximum Gasteiger partial charge on any atom is 0.239 e. The second-order valence-corrected chi connectivity index (χ2v) is 5.87. The molecule has 1 aliphatic heterocycles. The van der Waals surface area contributed by atoms with Gasteiger partial charge in [0.25, 0.3) is 0 Å². The first kappa shape index (κ1) is 24.1. The molecule has 1 fully saturated rings. The number of hydrogen-bond acceptors (Lipinski definition) is 5. The van der Waals surface area contributed by atoms with Crippen molar-refractivity contribution < 1.29 is 29.7 Å². The van der Waals surface area contributed by atoms with E-state index < -0.39 is 6.04 Å². The van der Waals surface area contributed by atoms with Gasteiger partial charge in [-0.3, -0.25) is 4.79 Å². The zero-order valence-corrected chi connectivity index (χ0v) is 17.9. The van der Waals surface area contributed by atoms with Crippen LogP contribution in [0.2, 0.25) is 0 Å². The molecule has 25 heavy (non-hydrogen) atoms. The summed E-state index contributed by atoms with van der Waals surface area (Å²) < 4.78 is 0. The van der Waals surface area contributed by atoms with Crippen LogP contribution in [0.3, 0.4) is 0 Å². The monoisotopic (exact) mass is 401 g/mol. The van der Waals surface area contributed by atoms with Crippen molar-refractivity contribution in [3.8, 4) is 0 Å². The van der Waals surface area contributed by atoms with Gasteiger partial charge in [0.1, 0.15) is 0 Å². The van der Waals surface area contributed by atoms with E-state index in [0.29, 0.717) is 19.5 Å². The molecule has 1 aliphatic rings. The smallest absolute Gasteiger partial charge is 0.239 e. The van der Waals surface area contributed by atoms with E-state index in [9.17, 15) is 4.79 Å². The van der Waals surface area contributed by atoms with E-state index in [-0.39, 0.29) is 30.9 Å². The zero-order chi connectivity index (χ0) is 16.3. The second kappa shape index (κ2) is 14.3. The van der Waals surface area contributed by atoms with Gasteiger partial charge in [-0.15, -0.1) is 0 Å². The van der Waals surface area contributed by atoms with E-state index in [1.807, 2.05) is 35.2 Å². The molecule has 7 nitrogen and oxygen atoms in total. The van der Waals surface area contributed by atoms with E-state index >= 15 is 0 Å². The number of rotatable bonds is 3. The van der Waals surface area contributed by atoms with E-state index in [4.69, 9.17) is 5.73 Å². The van der Waals surface area contributed by atoms with Gasteiger partial charge >= 0.3 is 0 Å². The summed E-state index contributed by atoms with van der Waals surface area (Å²) in [6.07, 6.45) is 0.584. The molecule has 1 amide bonds. The summed E-state index contributed by atoms with van der Waals surface area (Å²) in [5.41, 5.74) is 7.26. The number of hydrogen-bond donors (Lipinski definition) is 4. The molecule has 1 atom stereocenters. The fourth-order valence-electron chi connectivity index (χ4n) is 2.68. The molecule has 0 aromatic heterocycles. The van der Waals surface area contributed by atoms with Gasteiger partial charge in [-0.25, -0.2) is 0 Å². The van der Waals surface area contributed by atoms with E-state index in [1.54, 1.807) is 0 Å². The van der Waals surface area contributed by atoms with E-state index in [1.165, 1.54) is 0 Å². The fraction of sp³-hybridized carbons (Fsp3) is 0.588. The number of carbonyl (C=O) groups is 1. The van der Waals surface area contributed by atoms with Crippen molar-refractivity contribution in [2.24, 2.45) is 5.73 Å². The molecule has 7 N–H and O–H groups in total. The van der Waals surface area contributed by atoms with Crippen LogP contribution in [-0.4, -0.2) is 74.7 Å². The number of amides is 1. The standard InChI is InChI=1S/C17H29N5O.H2O.Zn/c18-16(14-15-4-2-1-3-5-15)17(23)22-12-10-20-8-6-19-7-9-21-11-13-22;;/h1-5,16,19-21H,6-14,18H2;1H2;/t16-;;/m1../s1. The van der Waals surface area contributed by atoms with Crippen molar-refractivity contribution in [1.29, 1.82) is 0 Å². The van der Waals surface area contributed by atoms with Gasteiger partial charge in [0, 0.05) is 71.8 Å². The summed E-state index contributed by atoms with van der Waals surface area (Å²) in [6.45, 7) is 6.71. The van der Waals surface area contributed by atoms with Crippen molar-refractivity contribution in [2.45, 2.75) is 12.5 Å². The van der Waals surface area contributed by atoms with Crippen LogP contribution in [0.4, 0.5) is 0 Å². The van der Waals surface area contributed by atoms with Gasteiger partial charge in [-0.2, -0.15) is 0 Å². The first-order chi connectivity index (χ1) is 11.3. The summed E-state index contributed by atoms with van der Waals surface area (Å²) in [6, 6.07) is 9.47. The van der Waals surface area contributed by atoms with Gasteiger partial charge in [-0.05, 0) is 12.0 Å². The van der Waals surface area contributed by atoms with Gasteiger partial charge < -0.3 is 32.1 Å². The maximum atomic E-state index is 12.7. The number of benzene rings is 1. The van der Waals surface area contributed by atoms with Crippen LogP contribution in [0.5, 0.6) is 0 Å². The Bertz CT molecular complexity index is 452. The van der Waals surface area contributed by atoms with Crippen LogP contribution in [-0.2, 0) is 30.7 Å². The third-order valence-corrected chi connectivity index (χ3v) is 4.00. The van der Waals surface area contributed by atoms with Crippen LogP contribution in [0, 0.1) is 0 Å². The Morgan fingerprint density at radius 3 is 1.96 bits per heavy atom. The summed E-state index contributed by atoms with van der Waals surface area (Å²) >= 11 is 0. The molecule has 1 aromatic rings. The maximum absolute atomic E-state index is 12.7. The summed E-state index contributed by atoms with van der Waals surface area (Å²) in [5.74, 6) is 0.0348. The molecular formula is C17H31N5O2Zn. The molecule has 1 aromatic carbocycles. The Kier molecular flexibility index (Phi) is 13.8. The number of carbonyl (C=O) groups excluding carboxylic acids is 1. The summed E-state index contributed by atoms with van der Waals surface area (Å²) in [5, 5.41) is 10.1. The van der Waals surface area contributed by atoms with E-state index in [2.05, 4.69) is 16.0 Å².